The lowest BCUT2D eigenvalue weighted by Gasteiger charge is -2.34. The highest BCUT2D eigenvalue weighted by Crippen LogP contribution is 2.40. The highest BCUT2D eigenvalue weighted by atomic mass is 32.2. The van der Waals surface area contributed by atoms with Crippen molar-refractivity contribution in [2.24, 2.45) is 14.1 Å². The Morgan fingerprint density at radius 3 is 2.41 bits per heavy atom. The first kappa shape index (κ1) is 19.7. The predicted octanol–water partition coefficient (Wildman–Crippen LogP) is 0.553. The fourth-order valence-electron chi connectivity index (χ4n) is 3.86. The molecule has 1 unspecified atom stereocenters. The molecule has 0 aliphatic carbocycles. The van der Waals surface area contributed by atoms with Crippen LogP contribution in [0.25, 0.3) is 0 Å². The highest BCUT2D eigenvalue weighted by Gasteiger charge is 2.37. The van der Waals surface area contributed by atoms with Gasteiger partial charge < -0.3 is 14.0 Å². The minimum atomic E-state index is -4.11. The SMILES string of the molecule is CC1c2cc3c(cc2CCN1S(=O)(=O)c1cn(C)c(=O)n(C)c1=O)OCCCO3. The Labute approximate surface area is 168 Å². The van der Waals surface area contributed by atoms with E-state index in [1.165, 1.54) is 18.4 Å². The molecule has 2 aliphatic rings. The van der Waals surface area contributed by atoms with Crippen LogP contribution in [0.3, 0.4) is 0 Å². The van der Waals surface area contributed by atoms with Gasteiger partial charge in [-0.25, -0.2) is 13.2 Å². The Bertz CT molecular complexity index is 1200. The number of hydrogen-bond donors (Lipinski definition) is 0. The number of aryl methyl sites for hydroxylation is 1. The van der Waals surface area contributed by atoms with Gasteiger partial charge in [0.15, 0.2) is 16.4 Å². The number of fused-ring (bicyclic) bond motifs is 2. The van der Waals surface area contributed by atoms with E-state index in [-0.39, 0.29) is 6.54 Å². The van der Waals surface area contributed by atoms with Crippen LogP contribution in [0.1, 0.15) is 30.5 Å². The van der Waals surface area contributed by atoms with Gasteiger partial charge in [0.2, 0.25) is 0 Å². The molecule has 0 spiro atoms. The van der Waals surface area contributed by atoms with Crippen LogP contribution in [-0.4, -0.2) is 41.6 Å². The Hall–Kier alpha value is -2.59. The summed E-state index contributed by atoms with van der Waals surface area (Å²) in [7, 11) is -1.42. The molecule has 1 aromatic carbocycles. The van der Waals surface area contributed by atoms with Gasteiger partial charge in [-0.3, -0.25) is 9.36 Å². The van der Waals surface area contributed by atoms with E-state index in [1.807, 2.05) is 12.1 Å². The smallest absolute Gasteiger partial charge is 0.330 e. The molecule has 9 nitrogen and oxygen atoms in total. The zero-order valence-electron chi connectivity index (χ0n) is 16.5. The second-order valence-corrected chi connectivity index (χ2v) is 9.20. The standard InChI is InChI=1S/C19H23N3O6S/c1-12-14-10-16-15(27-7-4-8-28-16)9-13(14)5-6-22(12)29(25,26)17-11-20(2)19(24)21(3)18(17)23/h9-12H,4-8H2,1-3H3. The Balaban J connectivity index is 1.78. The summed E-state index contributed by atoms with van der Waals surface area (Å²) in [5.74, 6) is 1.28. The van der Waals surface area contributed by atoms with E-state index < -0.39 is 32.2 Å². The van der Waals surface area contributed by atoms with Crippen molar-refractivity contribution in [1.82, 2.24) is 13.4 Å². The second kappa shape index (κ2) is 7.03. The molecule has 0 radical (unpaired) electrons. The molecule has 156 valence electrons. The van der Waals surface area contributed by atoms with Gasteiger partial charge in [0, 0.05) is 39.3 Å². The monoisotopic (exact) mass is 421 g/mol. The van der Waals surface area contributed by atoms with Crippen LogP contribution in [0.15, 0.2) is 32.8 Å². The number of aromatic nitrogens is 2. The summed E-state index contributed by atoms with van der Waals surface area (Å²) in [6, 6.07) is 3.26. The summed E-state index contributed by atoms with van der Waals surface area (Å²) in [6.45, 7) is 3.13. The molecule has 0 saturated heterocycles. The quantitative estimate of drug-likeness (QED) is 0.702. The van der Waals surface area contributed by atoms with Crippen LogP contribution < -0.4 is 20.7 Å². The van der Waals surface area contributed by atoms with Gasteiger partial charge in [-0.2, -0.15) is 4.31 Å². The highest BCUT2D eigenvalue weighted by molar-refractivity contribution is 7.89. The second-order valence-electron chi connectivity index (χ2n) is 7.34. The van der Waals surface area contributed by atoms with Gasteiger partial charge in [-0.1, -0.05) is 0 Å². The van der Waals surface area contributed by atoms with Crippen molar-refractivity contribution in [3.63, 3.8) is 0 Å². The third-order valence-corrected chi connectivity index (χ3v) is 7.45. The minimum absolute atomic E-state index is 0.224. The predicted molar refractivity (Wildman–Crippen MR) is 105 cm³/mol. The molecule has 4 rings (SSSR count). The van der Waals surface area contributed by atoms with Crippen molar-refractivity contribution in [3.8, 4) is 11.5 Å². The molecule has 10 heteroatoms. The molecule has 0 N–H and O–H groups in total. The van der Waals surface area contributed by atoms with Crippen LogP contribution in [0, 0.1) is 0 Å². The topological polar surface area (TPSA) is 99.8 Å². The van der Waals surface area contributed by atoms with Crippen molar-refractivity contribution in [3.05, 3.63) is 50.3 Å². The average Bonchev–Trinajstić information content (AvgIpc) is 2.92. The van der Waals surface area contributed by atoms with Gasteiger partial charge in [-0.05, 0) is 36.6 Å². The number of benzene rings is 1. The fraction of sp³-hybridized carbons (Fsp3) is 0.474. The Morgan fingerprint density at radius 2 is 1.72 bits per heavy atom. The van der Waals surface area contributed by atoms with E-state index in [9.17, 15) is 18.0 Å². The van der Waals surface area contributed by atoms with E-state index in [2.05, 4.69) is 0 Å². The van der Waals surface area contributed by atoms with Crippen LogP contribution in [0.4, 0.5) is 0 Å². The lowest BCUT2D eigenvalue weighted by atomic mass is 9.94. The molecular formula is C19H23N3O6S. The van der Waals surface area contributed by atoms with E-state index in [0.717, 1.165) is 32.9 Å². The van der Waals surface area contributed by atoms with Crippen LogP contribution in [0.5, 0.6) is 11.5 Å². The fourth-order valence-corrected chi connectivity index (χ4v) is 5.62. The molecule has 3 heterocycles. The molecule has 2 aliphatic heterocycles. The van der Waals surface area contributed by atoms with E-state index in [4.69, 9.17) is 9.47 Å². The first-order chi connectivity index (χ1) is 13.7. The molecule has 2 aromatic rings. The summed E-state index contributed by atoms with van der Waals surface area (Å²) >= 11 is 0. The normalized spacial score (nSPS) is 19.5. The van der Waals surface area contributed by atoms with Crippen LogP contribution in [0.2, 0.25) is 0 Å². The summed E-state index contributed by atoms with van der Waals surface area (Å²) in [5, 5.41) is 0. The largest absolute Gasteiger partial charge is 0.490 e. The first-order valence-corrected chi connectivity index (χ1v) is 10.9. The van der Waals surface area contributed by atoms with E-state index in [1.54, 1.807) is 6.92 Å². The number of rotatable bonds is 2. The summed E-state index contributed by atoms with van der Waals surface area (Å²) < 4.78 is 41.4. The molecule has 0 fully saturated rings. The van der Waals surface area contributed by atoms with Gasteiger partial charge in [0.25, 0.3) is 15.6 Å². The minimum Gasteiger partial charge on any atom is -0.490 e. The summed E-state index contributed by atoms with van der Waals surface area (Å²) in [5.41, 5.74) is 0.419. The van der Waals surface area contributed by atoms with Crippen molar-refractivity contribution in [1.29, 1.82) is 0 Å². The third kappa shape index (κ3) is 3.16. The maximum atomic E-state index is 13.3. The van der Waals surface area contributed by atoms with Crippen molar-refractivity contribution >= 4 is 10.0 Å². The molecule has 29 heavy (non-hydrogen) atoms. The lowest BCUT2D eigenvalue weighted by Crippen LogP contribution is -2.45. The third-order valence-electron chi connectivity index (χ3n) is 5.49. The van der Waals surface area contributed by atoms with Gasteiger partial charge in [-0.15, -0.1) is 0 Å². The molecule has 0 amide bonds. The average molecular weight is 421 g/mol. The zero-order valence-corrected chi connectivity index (χ0v) is 17.4. The van der Waals surface area contributed by atoms with Crippen molar-refractivity contribution < 1.29 is 17.9 Å². The number of sulfonamides is 1. The van der Waals surface area contributed by atoms with Crippen molar-refractivity contribution in [2.45, 2.75) is 30.7 Å². The summed E-state index contributed by atoms with van der Waals surface area (Å²) in [6.07, 6.45) is 2.36. The first-order valence-electron chi connectivity index (χ1n) is 9.42. The molecular weight excluding hydrogens is 398 g/mol. The molecule has 0 bridgehead atoms. The van der Waals surface area contributed by atoms with E-state index in [0.29, 0.717) is 31.1 Å². The molecule has 1 aromatic heterocycles. The molecule has 0 saturated carbocycles. The van der Waals surface area contributed by atoms with E-state index >= 15 is 0 Å². The van der Waals surface area contributed by atoms with Gasteiger partial charge in [0.05, 0.1) is 13.2 Å². The lowest BCUT2D eigenvalue weighted by molar-refractivity contribution is 0.296. The maximum absolute atomic E-state index is 13.3. The number of hydrogen-bond acceptors (Lipinski definition) is 6. The Morgan fingerprint density at radius 1 is 1.07 bits per heavy atom. The van der Waals surface area contributed by atoms with Crippen LogP contribution >= 0.6 is 0 Å². The van der Waals surface area contributed by atoms with Gasteiger partial charge >= 0.3 is 5.69 Å². The van der Waals surface area contributed by atoms with Crippen LogP contribution in [-0.2, 0) is 30.5 Å². The summed E-state index contributed by atoms with van der Waals surface area (Å²) in [4.78, 5) is 24.0. The number of nitrogens with zero attached hydrogens (tertiary/aromatic N) is 3. The zero-order chi connectivity index (χ0) is 20.9. The molecule has 1 atom stereocenters. The Kier molecular flexibility index (Phi) is 4.78. The van der Waals surface area contributed by atoms with Gasteiger partial charge in [0.1, 0.15) is 0 Å². The maximum Gasteiger partial charge on any atom is 0.330 e. The van der Waals surface area contributed by atoms with Crippen molar-refractivity contribution in [2.75, 3.05) is 19.8 Å². The number of ether oxygens (including phenoxy) is 2.